The molecule has 0 aliphatic heterocycles. The van der Waals surface area contributed by atoms with Crippen molar-refractivity contribution in [3.63, 3.8) is 0 Å². The van der Waals surface area contributed by atoms with Crippen molar-refractivity contribution in [2.75, 3.05) is 5.32 Å². The van der Waals surface area contributed by atoms with E-state index in [0.717, 1.165) is 29.5 Å². The van der Waals surface area contributed by atoms with Gasteiger partial charge in [0.25, 0.3) is 0 Å². The monoisotopic (exact) mass is 308 g/mol. The van der Waals surface area contributed by atoms with Crippen LogP contribution in [-0.2, 0) is 11.2 Å². The molecule has 4 rings (SSSR count). The van der Waals surface area contributed by atoms with Crippen molar-refractivity contribution in [3.05, 3.63) is 59.7 Å². The van der Waals surface area contributed by atoms with Crippen molar-refractivity contribution >= 4 is 32.6 Å². The van der Waals surface area contributed by atoms with Gasteiger partial charge in [0, 0.05) is 0 Å². The smallest absolute Gasteiger partial charge is 0.233 e. The van der Waals surface area contributed by atoms with E-state index in [-0.39, 0.29) is 11.8 Å². The maximum atomic E-state index is 12.7. The summed E-state index contributed by atoms with van der Waals surface area (Å²) >= 11 is 1.53. The molecule has 1 heterocycles. The minimum Gasteiger partial charge on any atom is -0.301 e. The van der Waals surface area contributed by atoms with Crippen LogP contribution in [0.4, 0.5) is 5.13 Å². The molecule has 22 heavy (non-hydrogen) atoms. The molecule has 0 radical (unpaired) electrons. The van der Waals surface area contributed by atoms with Crippen molar-refractivity contribution in [1.82, 2.24) is 4.98 Å². The van der Waals surface area contributed by atoms with Crippen LogP contribution in [0.1, 0.15) is 29.9 Å². The third-order valence-electron chi connectivity index (χ3n) is 4.21. The third kappa shape index (κ3) is 2.40. The summed E-state index contributed by atoms with van der Waals surface area (Å²) in [6.45, 7) is 0. The molecule has 0 bridgehead atoms. The highest BCUT2D eigenvalue weighted by molar-refractivity contribution is 7.22. The van der Waals surface area contributed by atoms with Gasteiger partial charge in [0.2, 0.25) is 5.91 Å². The lowest BCUT2D eigenvalue weighted by Gasteiger charge is -2.24. The Morgan fingerprint density at radius 3 is 2.86 bits per heavy atom. The van der Waals surface area contributed by atoms with Gasteiger partial charge in [-0.1, -0.05) is 47.7 Å². The van der Waals surface area contributed by atoms with E-state index in [0.29, 0.717) is 5.13 Å². The molecule has 110 valence electrons. The summed E-state index contributed by atoms with van der Waals surface area (Å²) in [7, 11) is 0. The summed E-state index contributed by atoms with van der Waals surface area (Å²) in [6, 6.07) is 16.2. The highest BCUT2D eigenvalue weighted by Crippen LogP contribution is 2.33. The Balaban J connectivity index is 1.60. The molecule has 1 N–H and O–H groups in total. The van der Waals surface area contributed by atoms with Crippen LogP contribution in [0.2, 0.25) is 0 Å². The Hall–Kier alpha value is -2.20. The lowest BCUT2D eigenvalue weighted by molar-refractivity contribution is -0.117. The van der Waals surface area contributed by atoms with Crippen LogP contribution in [0.5, 0.6) is 0 Å². The first kappa shape index (κ1) is 13.5. The van der Waals surface area contributed by atoms with E-state index in [9.17, 15) is 4.79 Å². The fourth-order valence-electron chi connectivity index (χ4n) is 3.14. The van der Waals surface area contributed by atoms with Crippen LogP contribution in [0.3, 0.4) is 0 Å². The first-order chi connectivity index (χ1) is 10.8. The number of benzene rings is 2. The first-order valence-electron chi connectivity index (χ1n) is 7.55. The Morgan fingerprint density at radius 1 is 1.14 bits per heavy atom. The zero-order valence-electron chi connectivity index (χ0n) is 12.1. The van der Waals surface area contributed by atoms with Gasteiger partial charge in [0.15, 0.2) is 5.13 Å². The summed E-state index contributed by atoms with van der Waals surface area (Å²) in [6.07, 6.45) is 3.05. The van der Waals surface area contributed by atoms with E-state index in [2.05, 4.69) is 22.4 Å². The average molecular weight is 308 g/mol. The number of carbonyl (C=O) groups is 1. The number of hydrogen-bond donors (Lipinski definition) is 1. The fraction of sp³-hybridized carbons (Fsp3) is 0.222. The van der Waals surface area contributed by atoms with Crippen LogP contribution in [-0.4, -0.2) is 10.9 Å². The van der Waals surface area contributed by atoms with E-state index in [1.807, 2.05) is 36.4 Å². The molecule has 1 aliphatic carbocycles. The maximum Gasteiger partial charge on any atom is 0.233 e. The zero-order valence-corrected chi connectivity index (χ0v) is 12.9. The van der Waals surface area contributed by atoms with E-state index in [1.54, 1.807) is 0 Å². The molecule has 3 aromatic rings. The van der Waals surface area contributed by atoms with Crippen molar-refractivity contribution in [2.45, 2.75) is 25.2 Å². The summed E-state index contributed by atoms with van der Waals surface area (Å²) in [5, 5.41) is 3.70. The maximum absolute atomic E-state index is 12.7. The third-order valence-corrected chi connectivity index (χ3v) is 5.16. The second-order valence-corrected chi connectivity index (χ2v) is 6.65. The molecule has 1 aliphatic rings. The van der Waals surface area contributed by atoms with E-state index in [4.69, 9.17) is 0 Å². The van der Waals surface area contributed by atoms with Gasteiger partial charge in [0.05, 0.1) is 16.1 Å². The Labute approximate surface area is 133 Å². The van der Waals surface area contributed by atoms with Crippen molar-refractivity contribution < 1.29 is 4.79 Å². The van der Waals surface area contributed by atoms with Crippen molar-refractivity contribution in [1.29, 1.82) is 0 Å². The fourth-order valence-corrected chi connectivity index (χ4v) is 4.01. The van der Waals surface area contributed by atoms with Crippen LogP contribution < -0.4 is 5.32 Å². The van der Waals surface area contributed by atoms with Gasteiger partial charge >= 0.3 is 0 Å². The van der Waals surface area contributed by atoms with Crippen LogP contribution in [0.15, 0.2) is 48.5 Å². The molecule has 2 aromatic carbocycles. The lowest BCUT2D eigenvalue weighted by atomic mass is 9.82. The number of fused-ring (bicyclic) bond motifs is 2. The predicted molar refractivity (Wildman–Crippen MR) is 90.4 cm³/mol. The van der Waals surface area contributed by atoms with Crippen molar-refractivity contribution in [2.24, 2.45) is 0 Å². The molecular formula is C18H16N2OS. The number of aromatic nitrogens is 1. The molecule has 1 amide bonds. The molecule has 0 fully saturated rings. The number of thiazole rings is 1. The molecule has 0 spiro atoms. The second-order valence-electron chi connectivity index (χ2n) is 5.62. The summed E-state index contributed by atoms with van der Waals surface area (Å²) in [4.78, 5) is 17.2. The number of carbonyl (C=O) groups excluding carboxylic acids is 1. The Bertz CT molecular complexity index is 807. The zero-order chi connectivity index (χ0) is 14.9. The molecule has 4 heteroatoms. The molecule has 0 saturated carbocycles. The largest absolute Gasteiger partial charge is 0.301 e. The van der Waals surface area contributed by atoms with Gasteiger partial charge in [0.1, 0.15) is 0 Å². The standard InChI is InChI=1S/C18H16N2OS/c21-17(14-9-5-7-12-6-1-2-8-13(12)14)20-18-19-15-10-3-4-11-16(15)22-18/h1-4,6,8,10-11,14H,5,7,9H2,(H,19,20,21)/t14-/m1/s1. The minimum absolute atomic E-state index is 0.0584. The number of aryl methyl sites for hydroxylation is 1. The van der Waals surface area contributed by atoms with Crippen LogP contribution in [0.25, 0.3) is 10.2 Å². The molecular weight excluding hydrogens is 292 g/mol. The topological polar surface area (TPSA) is 42.0 Å². The quantitative estimate of drug-likeness (QED) is 0.764. The second kappa shape index (κ2) is 5.54. The van der Waals surface area contributed by atoms with Crippen molar-refractivity contribution in [3.8, 4) is 0 Å². The van der Waals surface area contributed by atoms with E-state index >= 15 is 0 Å². The number of rotatable bonds is 2. The Morgan fingerprint density at radius 2 is 1.95 bits per heavy atom. The number of amides is 1. The number of anilines is 1. The molecule has 0 saturated heterocycles. The summed E-state index contributed by atoms with van der Waals surface area (Å²) < 4.78 is 1.10. The normalized spacial score (nSPS) is 17.2. The van der Waals surface area contributed by atoms with Gasteiger partial charge in [-0.05, 0) is 42.5 Å². The van der Waals surface area contributed by atoms with Gasteiger partial charge in [-0.15, -0.1) is 0 Å². The number of para-hydroxylation sites is 1. The van der Waals surface area contributed by atoms with Gasteiger partial charge in [-0.2, -0.15) is 0 Å². The molecule has 1 aromatic heterocycles. The minimum atomic E-state index is -0.0584. The lowest BCUT2D eigenvalue weighted by Crippen LogP contribution is -2.24. The van der Waals surface area contributed by atoms with E-state index in [1.165, 1.54) is 22.5 Å². The highest BCUT2D eigenvalue weighted by Gasteiger charge is 2.26. The number of nitrogens with one attached hydrogen (secondary N) is 1. The van der Waals surface area contributed by atoms with Gasteiger partial charge in [-0.25, -0.2) is 4.98 Å². The average Bonchev–Trinajstić information content (AvgIpc) is 2.96. The van der Waals surface area contributed by atoms with Crippen LogP contribution >= 0.6 is 11.3 Å². The summed E-state index contributed by atoms with van der Waals surface area (Å²) in [5.41, 5.74) is 3.41. The SMILES string of the molecule is O=C(Nc1nc2ccccc2s1)[C@@H]1CCCc2ccccc21. The number of hydrogen-bond acceptors (Lipinski definition) is 3. The molecule has 0 unspecified atom stereocenters. The molecule has 1 atom stereocenters. The summed E-state index contributed by atoms with van der Waals surface area (Å²) in [5.74, 6) is 0.00293. The number of nitrogens with zero attached hydrogens (tertiary/aromatic N) is 1. The Kier molecular flexibility index (Phi) is 3.39. The van der Waals surface area contributed by atoms with Crippen LogP contribution in [0, 0.1) is 0 Å². The predicted octanol–water partition coefficient (Wildman–Crippen LogP) is 4.35. The highest BCUT2D eigenvalue weighted by atomic mass is 32.1. The van der Waals surface area contributed by atoms with Gasteiger partial charge in [-0.3, -0.25) is 4.79 Å². The van der Waals surface area contributed by atoms with Gasteiger partial charge < -0.3 is 5.32 Å². The first-order valence-corrected chi connectivity index (χ1v) is 8.37. The van der Waals surface area contributed by atoms with E-state index < -0.39 is 0 Å². The molecule has 3 nitrogen and oxygen atoms in total.